The molecule has 0 aromatic heterocycles. The first-order chi connectivity index (χ1) is 9.10. The largest absolute Gasteiger partial charge is 0.370 e. The third kappa shape index (κ3) is 3.79. The fraction of sp³-hybridized carbons (Fsp3) is 0.200. The van der Waals surface area contributed by atoms with Gasteiger partial charge in [0, 0.05) is 35.2 Å². The van der Waals surface area contributed by atoms with Crippen LogP contribution in [0.5, 0.6) is 0 Å². The maximum Gasteiger partial charge on any atom is 0.0494 e. The van der Waals surface area contributed by atoms with Gasteiger partial charge in [-0.3, -0.25) is 0 Å². The minimum absolute atomic E-state index is 0.470. The Kier molecular flexibility index (Phi) is 4.98. The van der Waals surface area contributed by atoms with E-state index in [1.165, 1.54) is 5.56 Å². The van der Waals surface area contributed by atoms with Gasteiger partial charge in [-0.1, -0.05) is 41.4 Å². The number of rotatable bonds is 4. The molecular weight excluding hydrogens is 301 g/mol. The Morgan fingerprint density at radius 1 is 0.947 bits per heavy atom. The first-order valence-electron chi connectivity index (χ1n) is 5.90. The number of nitrogens with zero attached hydrogens (tertiary/aromatic N) is 1. The lowest BCUT2D eigenvalue weighted by molar-refractivity contribution is 0.916. The molecule has 2 rings (SSSR count). The van der Waals surface area contributed by atoms with Crippen LogP contribution in [0, 0.1) is 0 Å². The number of hydrogen-bond acceptors (Lipinski definition) is 1. The van der Waals surface area contributed by atoms with Crippen LogP contribution in [0.3, 0.4) is 0 Å². The molecule has 19 heavy (non-hydrogen) atoms. The maximum atomic E-state index is 6.05. The predicted molar refractivity (Wildman–Crippen MR) is 84.6 cm³/mol. The van der Waals surface area contributed by atoms with E-state index >= 15 is 0 Å². The van der Waals surface area contributed by atoms with Crippen LogP contribution in [0.1, 0.15) is 11.1 Å². The SMILES string of the molecule is CN(Cc1ccc(Cl)cc1)c1cc(Cl)ccc1CCl. The summed E-state index contributed by atoms with van der Waals surface area (Å²) in [6.07, 6.45) is 0. The second-order valence-corrected chi connectivity index (χ2v) is 5.53. The van der Waals surface area contributed by atoms with E-state index in [4.69, 9.17) is 34.8 Å². The van der Waals surface area contributed by atoms with Crippen molar-refractivity contribution in [3.8, 4) is 0 Å². The van der Waals surface area contributed by atoms with Crippen molar-refractivity contribution in [2.75, 3.05) is 11.9 Å². The molecule has 2 aromatic carbocycles. The monoisotopic (exact) mass is 313 g/mol. The minimum Gasteiger partial charge on any atom is -0.370 e. The van der Waals surface area contributed by atoms with Crippen molar-refractivity contribution in [2.24, 2.45) is 0 Å². The Morgan fingerprint density at radius 2 is 1.58 bits per heavy atom. The zero-order valence-corrected chi connectivity index (χ0v) is 12.8. The van der Waals surface area contributed by atoms with E-state index in [9.17, 15) is 0 Å². The van der Waals surface area contributed by atoms with Gasteiger partial charge in [0.2, 0.25) is 0 Å². The molecule has 1 nitrogen and oxygen atoms in total. The molecule has 0 saturated carbocycles. The number of halogens is 3. The molecule has 0 aliphatic heterocycles. The summed E-state index contributed by atoms with van der Waals surface area (Å²) in [5, 5.41) is 1.46. The minimum atomic E-state index is 0.470. The number of anilines is 1. The molecule has 0 aliphatic rings. The molecule has 0 atom stereocenters. The van der Waals surface area contributed by atoms with Crippen LogP contribution < -0.4 is 4.90 Å². The first kappa shape index (κ1) is 14.5. The van der Waals surface area contributed by atoms with E-state index in [1.54, 1.807) is 0 Å². The maximum absolute atomic E-state index is 6.05. The molecule has 0 N–H and O–H groups in total. The van der Waals surface area contributed by atoms with Gasteiger partial charge in [-0.25, -0.2) is 0 Å². The zero-order chi connectivity index (χ0) is 13.8. The standard InChI is InChI=1S/C15H14Cl3N/c1-19(10-11-2-5-13(17)6-3-11)15-8-14(18)7-4-12(15)9-16/h2-8H,9-10H2,1H3. The van der Waals surface area contributed by atoms with Crippen molar-refractivity contribution in [3.63, 3.8) is 0 Å². The van der Waals surface area contributed by atoms with Gasteiger partial charge in [0.1, 0.15) is 0 Å². The van der Waals surface area contributed by atoms with Crippen molar-refractivity contribution in [1.82, 2.24) is 0 Å². The summed E-state index contributed by atoms with van der Waals surface area (Å²) in [5.74, 6) is 0.470. The molecule has 0 amide bonds. The molecule has 0 unspecified atom stereocenters. The highest BCUT2D eigenvalue weighted by Gasteiger charge is 2.08. The van der Waals surface area contributed by atoms with Crippen LogP contribution in [-0.2, 0) is 12.4 Å². The molecule has 0 radical (unpaired) electrons. The van der Waals surface area contributed by atoms with Crippen molar-refractivity contribution in [3.05, 3.63) is 63.6 Å². The van der Waals surface area contributed by atoms with Crippen LogP contribution in [0.15, 0.2) is 42.5 Å². The van der Waals surface area contributed by atoms with Crippen molar-refractivity contribution in [2.45, 2.75) is 12.4 Å². The number of hydrogen-bond donors (Lipinski definition) is 0. The van der Waals surface area contributed by atoms with E-state index in [0.717, 1.165) is 22.8 Å². The fourth-order valence-electron chi connectivity index (χ4n) is 1.95. The van der Waals surface area contributed by atoms with E-state index in [0.29, 0.717) is 10.9 Å². The zero-order valence-electron chi connectivity index (χ0n) is 10.5. The quantitative estimate of drug-likeness (QED) is 0.686. The first-order valence-corrected chi connectivity index (χ1v) is 7.19. The van der Waals surface area contributed by atoms with E-state index < -0.39 is 0 Å². The molecule has 0 bridgehead atoms. The third-order valence-electron chi connectivity index (χ3n) is 2.94. The average molecular weight is 315 g/mol. The summed E-state index contributed by atoms with van der Waals surface area (Å²) in [4.78, 5) is 2.13. The average Bonchev–Trinajstić information content (AvgIpc) is 2.41. The van der Waals surface area contributed by atoms with Gasteiger partial charge in [-0.2, -0.15) is 0 Å². The highest BCUT2D eigenvalue weighted by molar-refractivity contribution is 6.31. The highest BCUT2D eigenvalue weighted by Crippen LogP contribution is 2.26. The van der Waals surface area contributed by atoms with Gasteiger partial charge < -0.3 is 4.90 Å². The van der Waals surface area contributed by atoms with Crippen molar-refractivity contribution in [1.29, 1.82) is 0 Å². The Morgan fingerprint density at radius 3 is 2.21 bits per heavy atom. The van der Waals surface area contributed by atoms with Crippen LogP contribution in [0.25, 0.3) is 0 Å². The van der Waals surface area contributed by atoms with Crippen LogP contribution >= 0.6 is 34.8 Å². The lowest BCUT2D eigenvalue weighted by atomic mass is 10.1. The molecule has 4 heteroatoms. The van der Waals surface area contributed by atoms with E-state index in [1.807, 2.05) is 49.5 Å². The topological polar surface area (TPSA) is 3.24 Å². The summed E-state index contributed by atoms with van der Waals surface area (Å²) in [6.45, 7) is 0.779. The van der Waals surface area contributed by atoms with Crippen LogP contribution in [-0.4, -0.2) is 7.05 Å². The van der Waals surface area contributed by atoms with Gasteiger partial charge in [-0.05, 0) is 35.4 Å². The Labute approximate surface area is 128 Å². The lowest BCUT2D eigenvalue weighted by Gasteiger charge is -2.22. The molecule has 0 aliphatic carbocycles. The summed E-state index contributed by atoms with van der Waals surface area (Å²) >= 11 is 17.9. The Bertz CT molecular complexity index is 552. The Balaban J connectivity index is 2.21. The molecule has 0 fully saturated rings. The van der Waals surface area contributed by atoms with E-state index in [2.05, 4.69) is 4.90 Å². The van der Waals surface area contributed by atoms with Crippen LogP contribution in [0.4, 0.5) is 5.69 Å². The predicted octanol–water partition coefficient (Wildman–Crippen LogP) is 5.37. The third-order valence-corrected chi connectivity index (χ3v) is 3.71. The second kappa shape index (κ2) is 6.51. The summed E-state index contributed by atoms with van der Waals surface area (Å²) in [6, 6.07) is 13.6. The second-order valence-electron chi connectivity index (χ2n) is 4.39. The molecule has 0 spiro atoms. The normalized spacial score (nSPS) is 10.5. The number of alkyl halides is 1. The van der Waals surface area contributed by atoms with Gasteiger partial charge in [0.05, 0.1) is 0 Å². The Hall–Kier alpha value is -0.890. The molecule has 0 saturated heterocycles. The highest BCUT2D eigenvalue weighted by atomic mass is 35.5. The van der Waals surface area contributed by atoms with Gasteiger partial charge in [0.15, 0.2) is 0 Å². The van der Waals surface area contributed by atoms with Crippen molar-refractivity contribution < 1.29 is 0 Å². The van der Waals surface area contributed by atoms with Gasteiger partial charge >= 0.3 is 0 Å². The molecule has 100 valence electrons. The number of benzene rings is 2. The van der Waals surface area contributed by atoms with E-state index in [-0.39, 0.29) is 0 Å². The van der Waals surface area contributed by atoms with Crippen molar-refractivity contribution >= 4 is 40.5 Å². The van der Waals surface area contributed by atoms with Crippen LogP contribution in [0.2, 0.25) is 10.0 Å². The summed E-state index contributed by atoms with van der Waals surface area (Å²) in [7, 11) is 2.02. The summed E-state index contributed by atoms with van der Waals surface area (Å²) < 4.78 is 0. The summed E-state index contributed by atoms with van der Waals surface area (Å²) in [5.41, 5.74) is 3.31. The molecule has 2 aromatic rings. The van der Waals surface area contributed by atoms with Gasteiger partial charge in [0.25, 0.3) is 0 Å². The van der Waals surface area contributed by atoms with Gasteiger partial charge in [-0.15, -0.1) is 11.6 Å². The molecular formula is C15H14Cl3N. The smallest absolute Gasteiger partial charge is 0.0494 e. The molecule has 0 heterocycles. The lowest BCUT2D eigenvalue weighted by Crippen LogP contribution is -2.17. The fourth-order valence-corrected chi connectivity index (χ4v) is 2.47.